The molecule has 47 heavy (non-hydrogen) atoms. The number of methoxy groups -OCH3 is 1. The van der Waals surface area contributed by atoms with E-state index in [-0.39, 0.29) is 29.2 Å². The smallest absolute Gasteiger partial charge is 0.271 e. The molecular weight excluding hydrogens is 620 g/mol. The number of ether oxygens (including phenoxy) is 1. The highest BCUT2D eigenvalue weighted by atomic mass is 32.2. The lowest BCUT2D eigenvalue weighted by atomic mass is 10.0. The maximum Gasteiger partial charge on any atom is 0.271 e. The van der Waals surface area contributed by atoms with Gasteiger partial charge in [0, 0.05) is 30.6 Å². The number of nitrogens with one attached hydrogen (secondary N) is 1. The van der Waals surface area contributed by atoms with Gasteiger partial charge in [-0.05, 0) is 62.2 Å². The van der Waals surface area contributed by atoms with E-state index in [0.29, 0.717) is 11.3 Å². The molecule has 11 nitrogen and oxygen atoms in total. The van der Waals surface area contributed by atoms with Crippen LogP contribution in [-0.2, 0) is 32.6 Å². The van der Waals surface area contributed by atoms with Crippen LogP contribution in [0.2, 0.25) is 0 Å². The zero-order valence-corrected chi connectivity index (χ0v) is 27.5. The van der Waals surface area contributed by atoms with Crippen LogP contribution in [0.5, 0.6) is 5.75 Å². The van der Waals surface area contributed by atoms with Crippen molar-refractivity contribution in [3.05, 3.63) is 130 Å². The number of benzene rings is 4. The molecule has 0 aliphatic carbocycles. The molecule has 4 aromatic carbocycles. The first kappa shape index (κ1) is 34.6. The Bertz CT molecular complexity index is 1810. The van der Waals surface area contributed by atoms with Crippen LogP contribution in [0.4, 0.5) is 11.4 Å². The molecule has 0 saturated heterocycles. The number of nitrogens with zero attached hydrogens (tertiary/aromatic N) is 3. The number of carbonyl (C=O) groups excluding carboxylic acids is 2. The van der Waals surface area contributed by atoms with Crippen molar-refractivity contribution in [3.8, 4) is 5.75 Å². The number of nitro groups is 1. The van der Waals surface area contributed by atoms with Gasteiger partial charge in [-0.2, -0.15) is 0 Å². The predicted molar refractivity (Wildman–Crippen MR) is 179 cm³/mol. The normalized spacial score (nSPS) is 12.1. The van der Waals surface area contributed by atoms with E-state index in [1.54, 1.807) is 42.5 Å². The number of non-ortho nitro benzene ring substituents is 1. The molecule has 0 heterocycles. The number of hydrogen-bond acceptors (Lipinski definition) is 7. The molecule has 246 valence electrons. The lowest BCUT2D eigenvalue weighted by molar-refractivity contribution is -0.384. The Hall–Kier alpha value is -5.23. The molecular formula is C35H38N4O7S. The number of rotatable bonds is 13. The third kappa shape index (κ3) is 9.17. The highest BCUT2D eigenvalue weighted by Gasteiger charge is 2.36. The van der Waals surface area contributed by atoms with E-state index in [1.165, 1.54) is 42.3 Å². The Balaban J connectivity index is 1.85. The summed E-state index contributed by atoms with van der Waals surface area (Å²) < 4.78 is 34.4. The highest BCUT2D eigenvalue weighted by molar-refractivity contribution is 7.92. The summed E-state index contributed by atoms with van der Waals surface area (Å²) in [7, 11) is -2.88. The third-order valence-corrected chi connectivity index (χ3v) is 8.98. The molecule has 12 heteroatoms. The van der Waals surface area contributed by atoms with Crippen molar-refractivity contribution in [2.45, 2.75) is 50.2 Å². The van der Waals surface area contributed by atoms with E-state index < -0.39 is 44.9 Å². The topological polar surface area (TPSA) is 139 Å². The number of carbonyl (C=O) groups is 2. The second-order valence-electron chi connectivity index (χ2n) is 11.9. The van der Waals surface area contributed by atoms with Crippen LogP contribution in [-0.4, -0.2) is 55.3 Å². The van der Waals surface area contributed by atoms with Crippen molar-refractivity contribution in [1.29, 1.82) is 0 Å². The molecule has 0 unspecified atom stereocenters. The van der Waals surface area contributed by atoms with E-state index in [1.807, 2.05) is 51.1 Å². The quantitative estimate of drug-likeness (QED) is 0.151. The summed E-state index contributed by atoms with van der Waals surface area (Å²) in [4.78, 5) is 40.8. The Morgan fingerprint density at radius 1 is 0.872 bits per heavy atom. The van der Waals surface area contributed by atoms with Gasteiger partial charge >= 0.3 is 0 Å². The molecule has 0 aliphatic heterocycles. The van der Waals surface area contributed by atoms with E-state index in [0.717, 1.165) is 15.9 Å². The van der Waals surface area contributed by atoms with Gasteiger partial charge < -0.3 is 15.0 Å². The lowest BCUT2D eigenvalue weighted by Crippen LogP contribution is -2.56. The van der Waals surface area contributed by atoms with Crippen LogP contribution < -0.4 is 14.4 Å². The number of hydrogen-bond donors (Lipinski definition) is 1. The van der Waals surface area contributed by atoms with Crippen molar-refractivity contribution < 1.29 is 27.7 Å². The van der Waals surface area contributed by atoms with Crippen molar-refractivity contribution in [3.63, 3.8) is 0 Å². The average molecular weight is 659 g/mol. The number of anilines is 1. The molecule has 4 aromatic rings. The Morgan fingerprint density at radius 3 is 2.11 bits per heavy atom. The van der Waals surface area contributed by atoms with Gasteiger partial charge in [0.25, 0.3) is 15.7 Å². The highest BCUT2D eigenvalue weighted by Crippen LogP contribution is 2.28. The second-order valence-corrected chi connectivity index (χ2v) is 13.8. The molecule has 0 saturated carbocycles. The van der Waals surface area contributed by atoms with Crippen LogP contribution in [0.1, 0.15) is 31.9 Å². The molecule has 0 bridgehead atoms. The molecule has 1 atom stereocenters. The Kier molecular flexibility index (Phi) is 11.0. The van der Waals surface area contributed by atoms with Crippen LogP contribution in [0.15, 0.2) is 114 Å². The first-order valence-corrected chi connectivity index (χ1v) is 16.3. The first-order chi connectivity index (χ1) is 22.3. The van der Waals surface area contributed by atoms with Gasteiger partial charge in [-0.1, -0.05) is 66.7 Å². The minimum absolute atomic E-state index is 0.0563. The molecule has 2 amide bonds. The van der Waals surface area contributed by atoms with E-state index in [9.17, 15) is 28.1 Å². The van der Waals surface area contributed by atoms with Gasteiger partial charge in [0.1, 0.15) is 18.3 Å². The molecule has 1 N–H and O–H groups in total. The maximum atomic E-state index is 14.6. The van der Waals surface area contributed by atoms with E-state index in [2.05, 4.69) is 5.32 Å². The largest absolute Gasteiger partial charge is 0.497 e. The first-order valence-electron chi connectivity index (χ1n) is 14.9. The van der Waals surface area contributed by atoms with Gasteiger partial charge in [-0.3, -0.25) is 24.0 Å². The predicted octanol–water partition coefficient (Wildman–Crippen LogP) is 5.35. The molecule has 0 aliphatic rings. The minimum Gasteiger partial charge on any atom is -0.497 e. The van der Waals surface area contributed by atoms with Gasteiger partial charge in [-0.25, -0.2) is 8.42 Å². The van der Waals surface area contributed by atoms with Gasteiger partial charge in [0.05, 0.1) is 22.6 Å². The monoisotopic (exact) mass is 658 g/mol. The van der Waals surface area contributed by atoms with Crippen molar-refractivity contribution in [1.82, 2.24) is 10.2 Å². The Labute approximate surface area is 275 Å². The van der Waals surface area contributed by atoms with Crippen LogP contribution in [0.25, 0.3) is 0 Å². The van der Waals surface area contributed by atoms with Crippen LogP contribution in [0, 0.1) is 10.1 Å². The fourth-order valence-electron chi connectivity index (χ4n) is 4.98. The van der Waals surface area contributed by atoms with Gasteiger partial charge in [-0.15, -0.1) is 0 Å². The van der Waals surface area contributed by atoms with Crippen molar-refractivity contribution >= 4 is 33.2 Å². The van der Waals surface area contributed by atoms with Crippen LogP contribution in [0.3, 0.4) is 0 Å². The summed E-state index contributed by atoms with van der Waals surface area (Å²) in [5.41, 5.74) is 0.381. The van der Waals surface area contributed by atoms with Gasteiger partial charge in [0.2, 0.25) is 11.8 Å². The lowest BCUT2D eigenvalue weighted by Gasteiger charge is -2.35. The van der Waals surface area contributed by atoms with E-state index >= 15 is 0 Å². The van der Waals surface area contributed by atoms with Crippen LogP contribution >= 0.6 is 0 Å². The summed E-state index contributed by atoms with van der Waals surface area (Å²) in [5, 5.41) is 14.6. The third-order valence-electron chi connectivity index (χ3n) is 7.19. The van der Waals surface area contributed by atoms with Crippen molar-refractivity contribution in [2.24, 2.45) is 0 Å². The summed E-state index contributed by atoms with van der Waals surface area (Å²) in [6.45, 7) is 4.69. The number of nitro benzene ring substituents is 1. The fourth-order valence-corrected chi connectivity index (χ4v) is 6.41. The van der Waals surface area contributed by atoms with Crippen molar-refractivity contribution in [2.75, 3.05) is 18.0 Å². The molecule has 0 spiro atoms. The summed E-state index contributed by atoms with van der Waals surface area (Å²) >= 11 is 0. The van der Waals surface area contributed by atoms with Gasteiger partial charge in [0.15, 0.2) is 0 Å². The molecule has 0 fully saturated rings. The second kappa shape index (κ2) is 14.9. The summed E-state index contributed by atoms with van der Waals surface area (Å²) in [6, 6.07) is 27.8. The zero-order chi connectivity index (χ0) is 34.2. The average Bonchev–Trinajstić information content (AvgIpc) is 3.05. The summed E-state index contributed by atoms with van der Waals surface area (Å²) in [5.74, 6) is -0.576. The zero-order valence-electron chi connectivity index (χ0n) is 26.7. The molecule has 4 rings (SSSR count). The number of amides is 2. The molecule has 0 aromatic heterocycles. The summed E-state index contributed by atoms with van der Waals surface area (Å²) in [6.07, 6.45) is 0.140. The Morgan fingerprint density at radius 2 is 1.49 bits per heavy atom. The number of sulfonamides is 1. The van der Waals surface area contributed by atoms with E-state index in [4.69, 9.17) is 4.74 Å². The minimum atomic E-state index is -4.40. The standard InChI is InChI=1S/C35H38N4O7S/c1-35(2,3)36-34(41)32(22-26-13-7-5-8-14-26)37(24-27-15-11-18-30(21-27)46-4)33(40)25-38(28-16-12-17-29(23-28)39(42)43)47(44,45)31-19-9-6-10-20-31/h5-21,23,32H,22,24-25H2,1-4H3,(H,36,41)/t32-/m1/s1. The molecule has 0 radical (unpaired) electrons. The SMILES string of the molecule is COc1cccc(CN(C(=O)CN(c2cccc([N+](=O)[O-])c2)S(=O)(=O)c2ccccc2)[C@H](Cc2ccccc2)C(=O)NC(C)(C)C)c1. The maximum absolute atomic E-state index is 14.6. The fraction of sp³-hybridized carbons (Fsp3) is 0.257.